The smallest absolute Gasteiger partial charge is 0.0647 e. The van der Waals surface area contributed by atoms with Gasteiger partial charge in [0.05, 0.1) is 11.6 Å². The van der Waals surface area contributed by atoms with Crippen LogP contribution in [0.2, 0.25) is 0 Å². The number of aromatic nitrogens is 1. The highest BCUT2D eigenvalue weighted by Crippen LogP contribution is 2.07. The zero-order valence-electron chi connectivity index (χ0n) is 7.79. The van der Waals surface area contributed by atoms with Gasteiger partial charge in [-0.2, -0.15) is 0 Å². The monoisotopic (exact) mass is 219 g/mol. The maximum absolute atomic E-state index is 5.67. The maximum Gasteiger partial charge on any atom is 0.0647 e. The fourth-order valence-corrected chi connectivity index (χ4v) is 1.28. The van der Waals surface area contributed by atoms with Gasteiger partial charge in [-0.05, 0) is 30.5 Å². The first-order valence-electron chi connectivity index (χ1n) is 4.36. The summed E-state index contributed by atoms with van der Waals surface area (Å²) in [5, 5.41) is 0. The van der Waals surface area contributed by atoms with Crippen molar-refractivity contribution in [2.45, 2.75) is 32.1 Å². The fraction of sp³-hybridized carbons (Fsp3) is 0.500. The predicted octanol–water partition coefficient (Wildman–Crippen LogP) is 3.58. The quantitative estimate of drug-likeness (QED) is 0.706. The van der Waals surface area contributed by atoms with E-state index in [2.05, 4.69) is 24.0 Å². The van der Waals surface area contributed by atoms with Crippen molar-refractivity contribution in [3.63, 3.8) is 0 Å². The molecular formula is C10H15Cl2N. The van der Waals surface area contributed by atoms with Crippen molar-refractivity contribution in [3.05, 3.63) is 29.6 Å². The summed E-state index contributed by atoms with van der Waals surface area (Å²) in [6.07, 6.45) is 5.45. The van der Waals surface area contributed by atoms with Crippen molar-refractivity contribution < 1.29 is 0 Å². The molecule has 0 aliphatic rings. The number of hydrogen-bond acceptors (Lipinski definition) is 1. The summed E-state index contributed by atoms with van der Waals surface area (Å²) < 4.78 is 0. The van der Waals surface area contributed by atoms with Crippen LogP contribution in [0.1, 0.15) is 31.0 Å². The zero-order valence-corrected chi connectivity index (χ0v) is 9.37. The third-order valence-corrected chi connectivity index (χ3v) is 2.11. The molecule has 0 saturated carbocycles. The number of alkyl halides is 1. The van der Waals surface area contributed by atoms with Crippen LogP contribution in [0.5, 0.6) is 0 Å². The molecule has 0 radical (unpaired) electrons. The van der Waals surface area contributed by atoms with Gasteiger partial charge >= 0.3 is 0 Å². The molecule has 0 aliphatic carbocycles. The van der Waals surface area contributed by atoms with E-state index in [-0.39, 0.29) is 12.4 Å². The van der Waals surface area contributed by atoms with Crippen LogP contribution in [0.4, 0.5) is 0 Å². The van der Waals surface area contributed by atoms with Crippen molar-refractivity contribution in [1.82, 2.24) is 4.98 Å². The summed E-state index contributed by atoms with van der Waals surface area (Å²) in [5.41, 5.74) is 2.33. The van der Waals surface area contributed by atoms with E-state index in [4.69, 9.17) is 11.6 Å². The molecule has 1 heterocycles. The predicted molar refractivity (Wildman–Crippen MR) is 59.7 cm³/mol. The summed E-state index contributed by atoms with van der Waals surface area (Å²) >= 11 is 5.67. The molecule has 0 aliphatic heterocycles. The van der Waals surface area contributed by atoms with Crippen LogP contribution in [0.3, 0.4) is 0 Å². The van der Waals surface area contributed by atoms with E-state index in [0.29, 0.717) is 5.88 Å². The molecule has 0 bridgehead atoms. The molecule has 0 spiro atoms. The van der Waals surface area contributed by atoms with Gasteiger partial charge in [0.1, 0.15) is 0 Å². The van der Waals surface area contributed by atoms with E-state index in [1.807, 2.05) is 6.20 Å². The van der Waals surface area contributed by atoms with Crippen molar-refractivity contribution in [1.29, 1.82) is 0 Å². The topological polar surface area (TPSA) is 12.9 Å². The molecule has 0 atom stereocenters. The summed E-state index contributed by atoms with van der Waals surface area (Å²) in [6, 6.07) is 4.15. The Bertz CT molecular complexity index is 238. The van der Waals surface area contributed by atoms with Crippen molar-refractivity contribution in [2.75, 3.05) is 0 Å². The molecule has 0 saturated heterocycles. The van der Waals surface area contributed by atoms with Gasteiger partial charge in [-0.15, -0.1) is 24.0 Å². The Kier molecular flexibility index (Phi) is 7.02. The number of nitrogens with zero attached hydrogens (tertiary/aromatic N) is 1. The Labute approximate surface area is 90.9 Å². The molecule has 1 aromatic rings. The lowest BCUT2D eigenvalue weighted by Crippen LogP contribution is -1.89. The van der Waals surface area contributed by atoms with E-state index < -0.39 is 0 Å². The van der Waals surface area contributed by atoms with Crippen LogP contribution >= 0.6 is 24.0 Å². The lowest BCUT2D eigenvalue weighted by Gasteiger charge is -2.00. The molecule has 1 aromatic heterocycles. The number of pyridine rings is 1. The lowest BCUT2D eigenvalue weighted by atomic mass is 10.1. The van der Waals surface area contributed by atoms with Gasteiger partial charge in [-0.1, -0.05) is 13.3 Å². The Morgan fingerprint density at radius 3 is 2.85 bits per heavy atom. The standard InChI is InChI=1S/C10H14ClN.ClH/c1-2-3-4-9-5-6-12-10(7-9)8-11;/h5-7H,2-4,8H2,1H3;1H. The van der Waals surface area contributed by atoms with Gasteiger partial charge in [0.2, 0.25) is 0 Å². The van der Waals surface area contributed by atoms with Gasteiger partial charge in [0.25, 0.3) is 0 Å². The van der Waals surface area contributed by atoms with Crippen LogP contribution in [-0.2, 0) is 12.3 Å². The second-order valence-electron chi connectivity index (χ2n) is 2.89. The third-order valence-electron chi connectivity index (χ3n) is 1.84. The van der Waals surface area contributed by atoms with Crippen molar-refractivity contribution >= 4 is 24.0 Å². The van der Waals surface area contributed by atoms with E-state index >= 15 is 0 Å². The Hall–Kier alpha value is -0.270. The minimum Gasteiger partial charge on any atom is -0.260 e. The molecule has 3 heteroatoms. The van der Waals surface area contributed by atoms with Gasteiger partial charge in [0.15, 0.2) is 0 Å². The minimum absolute atomic E-state index is 0. The average molecular weight is 220 g/mol. The first-order chi connectivity index (χ1) is 5.86. The van der Waals surface area contributed by atoms with Gasteiger partial charge in [-0.3, -0.25) is 4.98 Å². The van der Waals surface area contributed by atoms with E-state index in [1.54, 1.807) is 0 Å². The van der Waals surface area contributed by atoms with Gasteiger partial charge in [-0.25, -0.2) is 0 Å². The van der Waals surface area contributed by atoms with Crippen LogP contribution in [0, 0.1) is 0 Å². The number of rotatable bonds is 4. The average Bonchev–Trinajstić information content (AvgIpc) is 2.15. The Balaban J connectivity index is 0.00000144. The lowest BCUT2D eigenvalue weighted by molar-refractivity contribution is 0.792. The highest BCUT2D eigenvalue weighted by molar-refractivity contribution is 6.16. The first-order valence-corrected chi connectivity index (χ1v) is 4.90. The molecule has 0 N–H and O–H groups in total. The highest BCUT2D eigenvalue weighted by atomic mass is 35.5. The summed E-state index contributed by atoms with van der Waals surface area (Å²) in [5.74, 6) is 0.514. The summed E-state index contributed by atoms with van der Waals surface area (Å²) in [4.78, 5) is 4.13. The Morgan fingerprint density at radius 2 is 2.23 bits per heavy atom. The molecular weight excluding hydrogens is 205 g/mol. The molecule has 0 fully saturated rings. The number of hydrogen-bond donors (Lipinski definition) is 0. The number of aryl methyl sites for hydroxylation is 1. The van der Waals surface area contributed by atoms with E-state index in [9.17, 15) is 0 Å². The number of halogens is 2. The second kappa shape index (κ2) is 7.16. The summed E-state index contributed by atoms with van der Waals surface area (Å²) in [6.45, 7) is 2.20. The fourth-order valence-electron chi connectivity index (χ4n) is 1.14. The molecule has 74 valence electrons. The van der Waals surface area contributed by atoms with E-state index in [1.165, 1.54) is 18.4 Å². The number of unbranched alkanes of at least 4 members (excludes halogenated alkanes) is 1. The normalized spacial score (nSPS) is 9.38. The Morgan fingerprint density at radius 1 is 1.46 bits per heavy atom. The molecule has 1 rings (SSSR count). The minimum atomic E-state index is 0. The first kappa shape index (κ1) is 12.7. The van der Waals surface area contributed by atoms with Crippen LogP contribution in [0.25, 0.3) is 0 Å². The van der Waals surface area contributed by atoms with Gasteiger partial charge < -0.3 is 0 Å². The largest absolute Gasteiger partial charge is 0.260 e. The molecule has 0 unspecified atom stereocenters. The highest BCUT2D eigenvalue weighted by Gasteiger charge is 1.95. The SMILES string of the molecule is CCCCc1ccnc(CCl)c1.Cl. The van der Waals surface area contributed by atoms with Gasteiger partial charge in [0, 0.05) is 6.20 Å². The maximum atomic E-state index is 5.67. The molecule has 0 amide bonds. The van der Waals surface area contributed by atoms with E-state index in [0.717, 1.165) is 12.1 Å². The molecule has 13 heavy (non-hydrogen) atoms. The second-order valence-corrected chi connectivity index (χ2v) is 3.16. The van der Waals surface area contributed by atoms with Crippen LogP contribution < -0.4 is 0 Å². The van der Waals surface area contributed by atoms with Crippen molar-refractivity contribution in [3.8, 4) is 0 Å². The zero-order chi connectivity index (χ0) is 8.81. The van der Waals surface area contributed by atoms with Crippen LogP contribution in [-0.4, -0.2) is 4.98 Å². The van der Waals surface area contributed by atoms with Crippen molar-refractivity contribution in [2.24, 2.45) is 0 Å². The molecule has 0 aromatic carbocycles. The van der Waals surface area contributed by atoms with Crippen LogP contribution in [0.15, 0.2) is 18.3 Å². The third kappa shape index (κ3) is 4.49. The molecule has 1 nitrogen and oxygen atoms in total. The summed E-state index contributed by atoms with van der Waals surface area (Å²) in [7, 11) is 0.